The summed E-state index contributed by atoms with van der Waals surface area (Å²) < 4.78 is 15.9. The van der Waals surface area contributed by atoms with Crippen LogP contribution in [0.3, 0.4) is 0 Å². The summed E-state index contributed by atoms with van der Waals surface area (Å²) in [5, 5.41) is 6.83. The van der Waals surface area contributed by atoms with Gasteiger partial charge in [-0.25, -0.2) is 0 Å². The van der Waals surface area contributed by atoms with Crippen molar-refractivity contribution < 1.29 is 18.8 Å². The number of anilines is 1. The maximum Gasteiger partial charge on any atom is 0.324 e. The highest BCUT2D eigenvalue weighted by atomic mass is 16.5. The molecule has 1 unspecified atom stereocenters. The lowest BCUT2D eigenvalue weighted by molar-refractivity contribution is -0.120. The van der Waals surface area contributed by atoms with Gasteiger partial charge in [-0.1, -0.05) is 5.16 Å². The number of hydrogen-bond acceptors (Lipinski definition) is 7. The molecule has 1 amide bonds. The summed E-state index contributed by atoms with van der Waals surface area (Å²) in [7, 11) is 3.34. The summed E-state index contributed by atoms with van der Waals surface area (Å²) in [5.41, 5.74) is 0.812. The number of likely N-dealkylation sites (N-methyl/N-ethyl adjacent to an activating group) is 1. The van der Waals surface area contributed by atoms with Gasteiger partial charge >= 0.3 is 6.01 Å². The minimum absolute atomic E-state index is 0.109. The predicted octanol–water partition coefficient (Wildman–Crippen LogP) is 1.48. The van der Waals surface area contributed by atoms with Crippen molar-refractivity contribution in [1.29, 1.82) is 0 Å². The molecule has 0 aliphatic carbocycles. The molecule has 0 radical (unpaired) electrons. The summed E-state index contributed by atoms with van der Waals surface area (Å²) >= 11 is 0. The van der Waals surface area contributed by atoms with E-state index in [0.29, 0.717) is 12.4 Å². The van der Waals surface area contributed by atoms with Crippen LogP contribution in [0.5, 0.6) is 5.75 Å². The molecule has 1 aromatic heterocycles. The number of methoxy groups -OCH3 is 1. The van der Waals surface area contributed by atoms with E-state index >= 15 is 0 Å². The van der Waals surface area contributed by atoms with Crippen molar-refractivity contribution in [1.82, 2.24) is 15.5 Å². The van der Waals surface area contributed by atoms with E-state index in [1.54, 1.807) is 19.1 Å². The Morgan fingerprint density at radius 1 is 1.40 bits per heavy atom. The second-order valence-electron chi connectivity index (χ2n) is 5.92. The molecule has 2 heterocycles. The first kappa shape index (κ1) is 17.2. The molecule has 8 nitrogen and oxygen atoms in total. The predicted molar refractivity (Wildman–Crippen MR) is 91.5 cm³/mol. The molecule has 2 aromatic rings. The zero-order chi connectivity index (χ0) is 17.6. The van der Waals surface area contributed by atoms with Gasteiger partial charge in [0, 0.05) is 25.8 Å². The minimum atomic E-state index is -0.109. The number of amides is 1. The fourth-order valence-corrected chi connectivity index (χ4v) is 2.60. The van der Waals surface area contributed by atoms with E-state index < -0.39 is 0 Å². The first-order chi connectivity index (χ1) is 12.2. The van der Waals surface area contributed by atoms with Gasteiger partial charge in [0.2, 0.25) is 11.7 Å². The summed E-state index contributed by atoms with van der Waals surface area (Å²) in [6, 6.07) is 7.64. The largest absolute Gasteiger partial charge is 0.497 e. The van der Waals surface area contributed by atoms with Crippen molar-refractivity contribution in [3.8, 4) is 17.1 Å². The molecular formula is C17H22N4O4. The zero-order valence-corrected chi connectivity index (χ0v) is 14.4. The molecule has 134 valence electrons. The third-order valence-corrected chi connectivity index (χ3v) is 4.02. The Bertz CT molecular complexity index is 695. The summed E-state index contributed by atoms with van der Waals surface area (Å²) in [6.07, 6.45) is 2.17. The zero-order valence-electron chi connectivity index (χ0n) is 14.4. The van der Waals surface area contributed by atoms with Crippen molar-refractivity contribution in [3.63, 3.8) is 0 Å². The van der Waals surface area contributed by atoms with Gasteiger partial charge < -0.3 is 24.2 Å². The van der Waals surface area contributed by atoms with Crippen molar-refractivity contribution in [3.05, 3.63) is 24.3 Å². The number of benzene rings is 1. The van der Waals surface area contributed by atoms with Crippen LogP contribution in [0.1, 0.15) is 12.8 Å². The Labute approximate surface area is 146 Å². The lowest BCUT2D eigenvalue weighted by Crippen LogP contribution is -2.38. The molecule has 0 bridgehead atoms. The van der Waals surface area contributed by atoms with Crippen molar-refractivity contribution in [2.24, 2.45) is 0 Å². The van der Waals surface area contributed by atoms with Gasteiger partial charge in [0.1, 0.15) is 12.3 Å². The third kappa shape index (κ3) is 4.48. The van der Waals surface area contributed by atoms with Crippen LogP contribution in [-0.4, -0.2) is 56.0 Å². The van der Waals surface area contributed by atoms with Gasteiger partial charge in [0.25, 0.3) is 0 Å². The number of ether oxygens (including phenoxy) is 2. The number of carbonyl (C=O) groups is 1. The molecule has 1 aliphatic heterocycles. The van der Waals surface area contributed by atoms with Crippen LogP contribution in [0.2, 0.25) is 0 Å². The van der Waals surface area contributed by atoms with Crippen LogP contribution in [0.4, 0.5) is 6.01 Å². The van der Waals surface area contributed by atoms with E-state index in [1.807, 2.05) is 24.3 Å². The first-order valence-electron chi connectivity index (χ1n) is 8.23. The number of hydrogen-bond donors (Lipinski definition) is 1. The van der Waals surface area contributed by atoms with E-state index in [9.17, 15) is 4.79 Å². The molecule has 8 heteroatoms. The summed E-state index contributed by atoms with van der Waals surface area (Å²) in [5.74, 6) is 1.11. The number of carbonyl (C=O) groups excluding carboxylic acids is 1. The topological polar surface area (TPSA) is 89.7 Å². The van der Waals surface area contributed by atoms with Crippen LogP contribution < -0.4 is 15.0 Å². The highest BCUT2D eigenvalue weighted by Gasteiger charge is 2.18. The average molecular weight is 346 g/mol. The Hall–Kier alpha value is -2.61. The fourth-order valence-electron chi connectivity index (χ4n) is 2.60. The van der Waals surface area contributed by atoms with E-state index in [-0.39, 0.29) is 24.6 Å². The van der Waals surface area contributed by atoms with Crippen LogP contribution >= 0.6 is 0 Å². The number of aromatic nitrogens is 2. The van der Waals surface area contributed by atoms with Crippen molar-refractivity contribution >= 4 is 11.9 Å². The molecule has 1 saturated heterocycles. The molecule has 1 N–H and O–H groups in total. The molecule has 1 aromatic carbocycles. The van der Waals surface area contributed by atoms with Crippen molar-refractivity contribution in [2.45, 2.75) is 18.9 Å². The second kappa shape index (κ2) is 7.98. The quantitative estimate of drug-likeness (QED) is 0.812. The van der Waals surface area contributed by atoms with E-state index in [0.717, 1.165) is 30.8 Å². The molecule has 1 aliphatic rings. The number of rotatable bonds is 7. The first-order valence-corrected chi connectivity index (χ1v) is 8.23. The molecule has 0 spiro atoms. The van der Waals surface area contributed by atoms with Gasteiger partial charge in [-0.3, -0.25) is 4.79 Å². The molecular weight excluding hydrogens is 324 g/mol. The SMILES string of the molecule is COc1ccc(-c2noc(N(C)CC(=O)NCC3CCCO3)n2)cc1. The average Bonchev–Trinajstić information content (AvgIpc) is 3.32. The lowest BCUT2D eigenvalue weighted by atomic mass is 10.2. The van der Waals surface area contributed by atoms with E-state index in [2.05, 4.69) is 15.5 Å². The van der Waals surface area contributed by atoms with Crippen LogP contribution in [0, 0.1) is 0 Å². The van der Waals surface area contributed by atoms with Gasteiger partial charge in [0.15, 0.2) is 0 Å². The fraction of sp³-hybridized carbons (Fsp3) is 0.471. The normalized spacial score (nSPS) is 16.6. The van der Waals surface area contributed by atoms with E-state index in [4.69, 9.17) is 14.0 Å². The van der Waals surface area contributed by atoms with Crippen LogP contribution in [-0.2, 0) is 9.53 Å². The van der Waals surface area contributed by atoms with Crippen LogP contribution in [0.25, 0.3) is 11.4 Å². The number of nitrogens with one attached hydrogen (secondary N) is 1. The molecule has 1 atom stereocenters. The van der Waals surface area contributed by atoms with Gasteiger partial charge in [-0.05, 0) is 37.1 Å². The van der Waals surface area contributed by atoms with Gasteiger partial charge in [-0.2, -0.15) is 4.98 Å². The monoisotopic (exact) mass is 346 g/mol. The molecule has 25 heavy (non-hydrogen) atoms. The molecule has 3 rings (SSSR count). The van der Waals surface area contributed by atoms with E-state index in [1.165, 1.54) is 0 Å². The second-order valence-corrected chi connectivity index (χ2v) is 5.92. The summed E-state index contributed by atoms with van der Waals surface area (Å²) in [6.45, 7) is 1.45. The Morgan fingerprint density at radius 2 is 2.20 bits per heavy atom. The minimum Gasteiger partial charge on any atom is -0.497 e. The maximum absolute atomic E-state index is 12.0. The molecule has 0 saturated carbocycles. The molecule has 1 fully saturated rings. The standard InChI is InChI=1S/C17H22N4O4/c1-21(11-15(22)18-10-14-4-3-9-24-14)17-19-16(20-25-17)12-5-7-13(23-2)8-6-12/h5-8,14H,3-4,9-11H2,1-2H3,(H,18,22). The number of nitrogens with zero attached hydrogens (tertiary/aromatic N) is 3. The van der Waals surface area contributed by atoms with Gasteiger partial charge in [0.05, 0.1) is 13.2 Å². The Morgan fingerprint density at radius 3 is 2.88 bits per heavy atom. The highest BCUT2D eigenvalue weighted by molar-refractivity contribution is 5.80. The Kier molecular flexibility index (Phi) is 5.49. The lowest BCUT2D eigenvalue weighted by Gasteiger charge is -2.15. The van der Waals surface area contributed by atoms with Crippen molar-refractivity contribution in [2.75, 3.05) is 38.8 Å². The summed E-state index contributed by atoms with van der Waals surface area (Å²) in [4.78, 5) is 18.0. The Balaban J connectivity index is 1.54. The third-order valence-electron chi connectivity index (χ3n) is 4.02. The smallest absolute Gasteiger partial charge is 0.324 e. The van der Waals surface area contributed by atoms with Gasteiger partial charge in [-0.15, -0.1) is 0 Å². The maximum atomic E-state index is 12.0. The van der Waals surface area contributed by atoms with Crippen LogP contribution in [0.15, 0.2) is 28.8 Å². The highest BCUT2D eigenvalue weighted by Crippen LogP contribution is 2.21.